The minimum absolute atomic E-state index is 0.0406. The van der Waals surface area contributed by atoms with Gasteiger partial charge >= 0.3 is 5.97 Å². The van der Waals surface area contributed by atoms with E-state index in [9.17, 15) is 9.59 Å². The lowest BCUT2D eigenvalue weighted by Gasteiger charge is -2.21. The number of aromatic nitrogens is 4. The summed E-state index contributed by atoms with van der Waals surface area (Å²) in [6, 6.07) is 20.2. The molecule has 184 valence electrons. The van der Waals surface area contributed by atoms with E-state index in [0.717, 1.165) is 17.0 Å². The largest absolute Gasteiger partial charge is 0.497 e. The van der Waals surface area contributed by atoms with E-state index in [-0.39, 0.29) is 24.8 Å². The van der Waals surface area contributed by atoms with Crippen LogP contribution in [0.1, 0.15) is 6.92 Å². The second-order valence-electron chi connectivity index (χ2n) is 7.48. The molecule has 0 aliphatic rings. The van der Waals surface area contributed by atoms with Crippen molar-refractivity contribution < 1.29 is 19.1 Å². The predicted octanol–water partition coefficient (Wildman–Crippen LogP) is 4.03. The van der Waals surface area contributed by atoms with Gasteiger partial charge < -0.3 is 14.4 Å². The van der Waals surface area contributed by atoms with E-state index in [2.05, 4.69) is 15.2 Å². The third-order valence-corrected chi connectivity index (χ3v) is 6.10. The average Bonchev–Trinajstić information content (AvgIpc) is 3.35. The highest BCUT2D eigenvalue weighted by Gasteiger charge is 2.22. The first-order valence-corrected chi connectivity index (χ1v) is 12.2. The van der Waals surface area contributed by atoms with Gasteiger partial charge in [0.2, 0.25) is 5.91 Å². The fourth-order valence-electron chi connectivity index (χ4n) is 3.49. The van der Waals surface area contributed by atoms with Crippen molar-refractivity contribution in [2.45, 2.75) is 12.1 Å². The van der Waals surface area contributed by atoms with Crippen LogP contribution in [-0.4, -0.2) is 57.6 Å². The van der Waals surface area contributed by atoms with Crippen LogP contribution in [-0.2, 0) is 14.3 Å². The number of methoxy groups -OCH3 is 1. The summed E-state index contributed by atoms with van der Waals surface area (Å²) in [7, 11) is 1.61. The third-order valence-electron chi connectivity index (χ3n) is 5.19. The lowest BCUT2D eigenvalue weighted by Crippen LogP contribution is -2.37. The number of pyridine rings is 1. The monoisotopic (exact) mass is 503 g/mol. The van der Waals surface area contributed by atoms with Crippen LogP contribution in [0.2, 0.25) is 0 Å². The first-order chi connectivity index (χ1) is 17.6. The molecule has 0 unspecified atom stereocenters. The molecule has 1 amide bonds. The number of ether oxygens (including phenoxy) is 2. The highest BCUT2D eigenvalue weighted by Crippen LogP contribution is 2.29. The predicted molar refractivity (Wildman–Crippen MR) is 137 cm³/mol. The van der Waals surface area contributed by atoms with Crippen LogP contribution in [0, 0.1) is 0 Å². The third kappa shape index (κ3) is 5.89. The quantitative estimate of drug-likeness (QED) is 0.236. The Kier molecular flexibility index (Phi) is 8.30. The molecule has 0 N–H and O–H groups in total. The van der Waals surface area contributed by atoms with E-state index in [1.54, 1.807) is 38.6 Å². The van der Waals surface area contributed by atoms with Gasteiger partial charge in [-0.2, -0.15) is 0 Å². The van der Waals surface area contributed by atoms with Crippen molar-refractivity contribution in [1.29, 1.82) is 0 Å². The molecule has 0 saturated carbocycles. The molecular formula is C26H25N5O4S. The molecule has 0 aliphatic heterocycles. The molecular weight excluding hydrogens is 478 g/mol. The molecule has 0 atom stereocenters. The number of esters is 1. The lowest BCUT2D eigenvalue weighted by molar-refractivity contribution is -0.142. The standard InChI is InChI=1S/C26H25N5O4S/c1-3-35-24(33)17-30(20-7-5-4-6-8-20)23(32)18-36-26-29-28-25(19-13-15-27-16-14-19)31(26)21-9-11-22(34-2)12-10-21/h4-16H,3,17-18H2,1-2H3. The van der Waals surface area contributed by atoms with Gasteiger partial charge in [0.15, 0.2) is 11.0 Å². The summed E-state index contributed by atoms with van der Waals surface area (Å²) in [6.45, 7) is 1.80. The van der Waals surface area contributed by atoms with Crippen molar-refractivity contribution in [3.8, 4) is 22.8 Å². The number of hydrogen-bond donors (Lipinski definition) is 0. The Morgan fingerprint density at radius 3 is 2.36 bits per heavy atom. The van der Waals surface area contributed by atoms with E-state index < -0.39 is 5.97 Å². The summed E-state index contributed by atoms with van der Waals surface area (Å²) < 4.78 is 12.2. The van der Waals surface area contributed by atoms with Gasteiger partial charge in [-0.1, -0.05) is 30.0 Å². The highest BCUT2D eigenvalue weighted by molar-refractivity contribution is 7.99. The van der Waals surface area contributed by atoms with Crippen molar-refractivity contribution in [3.63, 3.8) is 0 Å². The minimum Gasteiger partial charge on any atom is -0.497 e. The highest BCUT2D eigenvalue weighted by atomic mass is 32.2. The number of rotatable bonds is 10. The molecule has 9 nitrogen and oxygen atoms in total. The number of carbonyl (C=O) groups is 2. The second kappa shape index (κ2) is 12.0. The smallest absolute Gasteiger partial charge is 0.326 e. The van der Waals surface area contributed by atoms with Gasteiger partial charge in [0.05, 0.1) is 19.5 Å². The SMILES string of the molecule is CCOC(=O)CN(C(=O)CSc1nnc(-c2ccncc2)n1-c1ccc(OC)cc1)c1ccccc1. The fourth-order valence-corrected chi connectivity index (χ4v) is 4.31. The topological polar surface area (TPSA) is 99.4 Å². The summed E-state index contributed by atoms with van der Waals surface area (Å²) in [5.74, 6) is 0.650. The number of para-hydroxylation sites is 1. The van der Waals surface area contributed by atoms with E-state index in [1.807, 2.05) is 59.2 Å². The van der Waals surface area contributed by atoms with Gasteiger partial charge in [-0.15, -0.1) is 10.2 Å². The Hall–Kier alpha value is -4.18. The number of nitrogens with zero attached hydrogens (tertiary/aromatic N) is 5. The van der Waals surface area contributed by atoms with Crippen molar-refractivity contribution in [2.24, 2.45) is 0 Å². The van der Waals surface area contributed by atoms with E-state index in [0.29, 0.717) is 16.7 Å². The Labute approximate surface area is 213 Å². The summed E-state index contributed by atoms with van der Waals surface area (Å²) in [5.41, 5.74) is 2.26. The molecule has 10 heteroatoms. The van der Waals surface area contributed by atoms with Gasteiger partial charge in [0.25, 0.3) is 0 Å². The molecule has 0 spiro atoms. The molecule has 0 aliphatic carbocycles. The summed E-state index contributed by atoms with van der Waals surface area (Å²) >= 11 is 1.24. The van der Waals surface area contributed by atoms with Crippen LogP contribution in [0.5, 0.6) is 5.75 Å². The Balaban J connectivity index is 1.62. The van der Waals surface area contributed by atoms with Crippen LogP contribution in [0.25, 0.3) is 17.1 Å². The zero-order chi connectivity index (χ0) is 25.3. The summed E-state index contributed by atoms with van der Waals surface area (Å²) in [5, 5.41) is 9.29. The molecule has 0 saturated heterocycles. The zero-order valence-electron chi connectivity index (χ0n) is 19.9. The van der Waals surface area contributed by atoms with E-state index in [4.69, 9.17) is 9.47 Å². The molecule has 2 aromatic heterocycles. The summed E-state index contributed by atoms with van der Waals surface area (Å²) in [4.78, 5) is 31.0. The van der Waals surface area contributed by atoms with Gasteiger partial charge in [-0.25, -0.2) is 0 Å². The van der Waals surface area contributed by atoms with Gasteiger partial charge in [0, 0.05) is 29.3 Å². The molecule has 4 rings (SSSR count). The number of anilines is 1. The van der Waals surface area contributed by atoms with Crippen LogP contribution >= 0.6 is 11.8 Å². The number of amides is 1. The molecule has 2 aromatic carbocycles. The normalized spacial score (nSPS) is 10.6. The fraction of sp³-hybridized carbons (Fsp3) is 0.192. The van der Waals surface area contributed by atoms with Crippen LogP contribution in [0.4, 0.5) is 5.69 Å². The Morgan fingerprint density at radius 1 is 0.972 bits per heavy atom. The molecule has 4 aromatic rings. The Morgan fingerprint density at radius 2 is 1.69 bits per heavy atom. The average molecular weight is 504 g/mol. The number of thioether (sulfide) groups is 1. The van der Waals surface area contributed by atoms with Gasteiger partial charge in [-0.3, -0.25) is 19.1 Å². The van der Waals surface area contributed by atoms with Crippen LogP contribution < -0.4 is 9.64 Å². The van der Waals surface area contributed by atoms with Crippen molar-refractivity contribution in [2.75, 3.05) is 30.9 Å². The number of carbonyl (C=O) groups excluding carboxylic acids is 2. The molecule has 0 radical (unpaired) electrons. The van der Waals surface area contributed by atoms with E-state index >= 15 is 0 Å². The van der Waals surface area contributed by atoms with Crippen LogP contribution in [0.15, 0.2) is 84.3 Å². The first kappa shape index (κ1) is 24.9. The second-order valence-corrected chi connectivity index (χ2v) is 8.43. The molecule has 36 heavy (non-hydrogen) atoms. The van der Waals surface area contributed by atoms with E-state index in [1.165, 1.54) is 16.7 Å². The number of hydrogen-bond acceptors (Lipinski definition) is 8. The van der Waals surface area contributed by atoms with Crippen molar-refractivity contribution in [1.82, 2.24) is 19.7 Å². The Bertz CT molecular complexity index is 1300. The van der Waals surface area contributed by atoms with Crippen molar-refractivity contribution >= 4 is 29.3 Å². The number of benzene rings is 2. The lowest BCUT2D eigenvalue weighted by atomic mass is 10.2. The van der Waals surface area contributed by atoms with Gasteiger partial charge in [-0.05, 0) is 55.5 Å². The maximum atomic E-state index is 13.3. The molecule has 0 bridgehead atoms. The van der Waals surface area contributed by atoms with Crippen molar-refractivity contribution in [3.05, 3.63) is 79.1 Å². The van der Waals surface area contributed by atoms with Gasteiger partial charge in [0.1, 0.15) is 12.3 Å². The maximum Gasteiger partial charge on any atom is 0.326 e. The molecule has 2 heterocycles. The summed E-state index contributed by atoms with van der Waals surface area (Å²) in [6.07, 6.45) is 3.37. The molecule has 0 fully saturated rings. The first-order valence-electron chi connectivity index (χ1n) is 11.2. The maximum absolute atomic E-state index is 13.3. The zero-order valence-corrected chi connectivity index (χ0v) is 20.7. The van der Waals surface area contributed by atoms with Crippen LogP contribution in [0.3, 0.4) is 0 Å². The minimum atomic E-state index is -0.471.